The zero-order valence-electron chi connectivity index (χ0n) is 16.1. The van der Waals surface area contributed by atoms with Crippen molar-refractivity contribution in [3.8, 4) is 0 Å². The number of amides is 2. The van der Waals surface area contributed by atoms with E-state index in [4.69, 9.17) is 5.73 Å². The Morgan fingerprint density at radius 2 is 1.71 bits per heavy atom. The van der Waals surface area contributed by atoms with Crippen LogP contribution in [-0.2, 0) is 16.6 Å². The van der Waals surface area contributed by atoms with Gasteiger partial charge in [0.05, 0.1) is 11.1 Å². The first-order chi connectivity index (χ1) is 14.6. The van der Waals surface area contributed by atoms with Crippen LogP contribution < -0.4 is 11.1 Å². The minimum Gasteiger partial charge on any atom is -0.366 e. The Morgan fingerprint density at radius 1 is 1.06 bits per heavy atom. The lowest BCUT2D eigenvalue weighted by molar-refractivity contribution is 0.100. The van der Waals surface area contributed by atoms with Crippen molar-refractivity contribution >= 4 is 38.2 Å². The molecule has 2 aromatic carbocycles. The number of hydrogen-bond donors (Lipinski definition) is 2. The van der Waals surface area contributed by atoms with Crippen molar-refractivity contribution in [3.05, 3.63) is 82.9 Å². The molecule has 11 heteroatoms. The SMILES string of the molecule is CN(Cc1ccc(F)cc1)S(=O)(=O)c1cc(C(N)=O)c(NC(=O)c2ccccc2F)s1. The van der Waals surface area contributed by atoms with Gasteiger partial charge in [-0.1, -0.05) is 24.3 Å². The third-order valence-corrected chi connectivity index (χ3v) is 7.61. The third kappa shape index (κ3) is 4.95. The summed E-state index contributed by atoms with van der Waals surface area (Å²) in [6.07, 6.45) is 0. The first-order valence-electron chi connectivity index (χ1n) is 8.80. The van der Waals surface area contributed by atoms with Crippen LogP contribution in [0.3, 0.4) is 0 Å². The Hall–Kier alpha value is -3.15. The number of rotatable bonds is 7. The Balaban J connectivity index is 1.89. The molecular weight excluding hydrogens is 448 g/mol. The fraction of sp³-hybridized carbons (Fsp3) is 0.100. The van der Waals surface area contributed by atoms with E-state index in [2.05, 4.69) is 5.32 Å². The van der Waals surface area contributed by atoms with Crippen LogP contribution in [0.15, 0.2) is 58.8 Å². The quantitative estimate of drug-likeness (QED) is 0.558. The van der Waals surface area contributed by atoms with Crippen LogP contribution in [0.5, 0.6) is 0 Å². The Bertz CT molecular complexity index is 1240. The summed E-state index contributed by atoms with van der Waals surface area (Å²) >= 11 is 0.620. The van der Waals surface area contributed by atoms with Gasteiger partial charge in [-0.25, -0.2) is 17.2 Å². The van der Waals surface area contributed by atoms with Crippen molar-refractivity contribution in [3.63, 3.8) is 0 Å². The number of thiophene rings is 1. The first kappa shape index (κ1) is 22.5. The number of carbonyl (C=O) groups excluding carboxylic acids is 2. The molecule has 3 N–H and O–H groups in total. The molecule has 1 aromatic heterocycles. The molecule has 162 valence electrons. The fourth-order valence-corrected chi connectivity index (χ4v) is 5.41. The highest BCUT2D eigenvalue weighted by molar-refractivity contribution is 7.91. The molecule has 3 rings (SSSR count). The highest BCUT2D eigenvalue weighted by atomic mass is 32.2. The summed E-state index contributed by atoms with van der Waals surface area (Å²) in [5.74, 6) is -3.04. The van der Waals surface area contributed by atoms with Gasteiger partial charge in [-0.15, -0.1) is 11.3 Å². The second-order valence-corrected chi connectivity index (χ2v) is 9.82. The van der Waals surface area contributed by atoms with E-state index >= 15 is 0 Å². The van der Waals surface area contributed by atoms with Crippen molar-refractivity contribution in [2.24, 2.45) is 5.73 Å². The van der Waals surface area contributed by atoms with Crippen LogP contribution in [0, 0.1) is 11.6 Å². The van der Waals surface area contributed by atoms with Crippen molar-refractivity contribution in [2.75, 3.05) is 12.4 Å². The maximum Gasteiger partial charge on any atom is 0.259 e. The Kier molecular flexibility index (Phi) is 6.48. The number of anilines is 1. The molecule has 2 amide bonds. The van der Waals surface area contributed by atoms with E-state index in [0.717, 1.165) is 16.4 Å². The summed E-state index contributed by atoms with van der Waals surface area (Å²) < 4.78 is 53.6. The molecule has 0 fully saturated rings. The molecule has 0 saturated heterocycles. The molecule has 0 aliphatic rings. The van der Waals surface area contributed by atoms with Crippen molar-refractivity contribution in [1.29, 1.82) is 0 Å². The van der Waals surface area contributed by atoms with Gasteiger partial charge in [-0.2, -0.15) is 4.31 Å². The van der Waals surface area contributed by atoms with Crippen molar-refractivity contribution in [1.82, 2.24) is 4.31 Å². The average molecular weight is 466 g/mol. The smallest absolute Gasteiger partial charge is 0.259 e. The van der Waals surface area contributed by atoms with Crippen LogP contribution in [0.1, 0.15) is 26.3 Å². The van der Waals surface area contributed by atoms with E-state index in [9.17, 15) is 26.8 Å². The molecular formula is C20H17F2N3O4S2. The summed E-state index contributed by atoms with van der Waals surface area (Å²) in [4.78, 5) is 24.2. The third-order valence-electron chi connectivity index (χ3n) is 4.30. The average Bonchev–Trinajstić information content (AvgIpc) is 3.14. The van der Waals surface area contributed by atoms with Gasteiger partial charge in [0, 0.05) is 13.6 Å². The molecule has 0 radical (unpaired) electrons. The van der Waals surface area contributed by atoms with Gasteiger partial charge in [0.25, 0.3) is 21.8 Å². The lowest BCUT2D eigenvalue weighted by Crippen LogP contribution is -2.25. The first-order valence-corrected chi connectivity index (χ1v) is 11.1. The number of carbonyl (C=O) groups is 2. The highest BCUT2D eigenvalue weighted by Crippen LogP contribution is 2.33. The molecule has 0 bridgehead atoms. The minimum absolute atomic E-state index is 0.0522. The number of primary amides is 1. The van der Waals surface area contributed by atoms with Crippen LogP contribution in [0.4, 0.5) is 13.8 Å². The van der Waals surface area contributed by atoms with E-state index in [-0.39, 0.29) is 26.9 Å². The predicted octanol–water partition coefficient (Wildman–Crippen LogP) is 3.20. The van der Waals surface area contributed by atoms with E-state index in [1.54, 1.807) is 0 Å². The van der Waals surface area contributed by atoms with Gasteiger partial charge in [0.2, 0.25) is 0 Å². The number of sulfonamides is 1. The second kappa shape index (κ2) is 8.92. The zero-order chi connectivity index (χ0) is 22.8. The Morgan fingerprint density at radius 3 is 2.32 bits per heavy atom. The van der Waals surface area contributed by atoms with Crippen LogP contribution in [-0.4, -0.2) is 31.6 Å². The van der Waals surface area contributed by atoms with Gasteiger partial charge in [0.15, 0.2) is 0 Å². The molecule has 0 spiro atoms. The summed E-state index contributed by atoms with van der Waals surface area (Å²) in [6, 6.07) is 11.6. The minimum atomic E-state index is -4.07. The number of halogens is 2. The van der Waals surface area contributed by atoms with Crippen LogP contribution in [0.2, 0.25) is 0 Å². The van der Waals surface area contributed by atoms with Gasteiger partial charge >= 0.3 is 0 Å². The number of benzene rings is 2. The van der Waals surface area contributed by atoms with E-state index in [1.165, 1.54) is 49.5 Å². The van der Waals surface area contributed by atoms with Crippen molar-refractivity contribution in [2.45, 2.75) is 10.8 Å². The van der Waals surface area contributed by atoms with E-state index < -0.39 is 33.5 Å². The highest BCUT2D eigenvalue weighted by Gasteiger charge is 2.27. The zero-order valence-corrected chi connectivity index (χ0v) is 17.8. The molecule has 3 aromatic rings. The number of nitrogens with one attached hydrogen (secondary N) is 1. The largest absolute Gasteiger partial charge is 0.366 e. The molecule has 0 atom stereocenters. The molecule has 0 unspecified atom stereocenters. The maximum atomic E-state index is 13.9. The van der Waals surface area contributed by atoms with Crippen molar-refractivity contribution < 1.29 is 26.8 Å². The molecule has 31 heavy (non-hydrogen) atoms. The summed E-state index contributed by atoms with van der Waals surface area (Å²) in [6.45, 7) is -0.0522. The van der Waals surface area contributed by atoms with Gasteiger partial charge in [0.1, 0.15) is 20.8 Å². The standard InChI is InChI=1S/C20H17F2N3O4S2/c1-25(11-12-6-8-13(21)9-7-12)31(28,29)17-10-15(18(23)26)20(30-17)24-19(27)14-4-2-3-5-16(14)22/h2-10H,11H2,1H3,(H2,23,26)(H,24,27). The number of nitrogens with zero attached hydrogens (tertiary/aromatic N) is 1. The second-order valence-electron chi connectivity index (χ2n) is 6.49. The van der Waals surface area contributed by atoms with Crippen LogP contribution in [0.25, 0.3) is 0 Å². The fourth-order valence-electron chi connectivity index (χ4n) is 2.67. The van der Waals surface area contributed by atoms with Crippen LogP contribution >= 0.6 is 11.3 Å². The normalized spacial score (nSPS) is 11.5. The van der Waals surface area contributed by atoms with E-state index in [0.29, 0.717) is 16.9 Å². The topological polar surface area (TPSA) is 110 Å². The van der Waals surface area contributed by atoms with Gasteiger partial charge in [-0.05, 0) is 35.9 Å². The van der Waals surface area contributed by atoms with Gasteiger partial charge < -0.3 is 11.1 Å². The molecule has 1 heterocycles. The van der Waals surface area contributed by atoms with Gasteiger partial charge in [-0.3, -0.25) is 9.59 Å². The lowest BCUT2D eigenvalue weighted by atomic mass is 10.2. The maximum absolute atomic E-state index is 13.9. The summed E-state index contributed by atoms with van der Waals surface area (Å²) in [5, 5.41) is 2.23. The number of nitrogens with two attached hydrogens (primary N) is 1. The Labute approximate surface area is 181 Å². The monoisotopic (exact) mass is 465 g/mol. The molecule has 7 nitrogen and oxygen atoms in total. The summed E-state index contributed by atoms with van der Waals surface area (Å²) in [7, 11) is -2.75. The van der Waals surface area contributed by atoms with E-state index in [1.807, 2.05) is 0 Å². The summed E-state index contributed by atoms with van der Waals surface area (Å²) in [5.41, 5.74) is 5.38. The molecule has 0 saturated carbocycles. The lowest BCUT2D eigenvalue weighted by Gasteiger charge is -2.16. The predicted molar refractivity (Wildman–Crippen MR) is 112 cm³/mol. The number of hydrogen-bond acceptors (Lipinski definition) is 5. The molecule has 0 aliphatic carbocycles. The molecule has 0 aliphatic heterocycles.